The summed E-state index contributed by atoms with van der Waals surface area (Å²) in [6.45, 7) is 2.05. The Hall–Kier alpha value is -4.84. The van der Waals surface area contributed by atoms with E-state index in [2.05, 4.69) is 24.0 Å². The number of hydrogen-bond acceptors (Lipinski definition) is 4. The number of fused-ring (bicyclic) bond motifs is 1. The van der Waals surface area contributed by atoms with E-state index in [-0.39, 0.29) is 5.91 Å². The van der Waals surface area contributed by atoms with Crippen molar-refractivity contribution in [1.29, 1.82) is 0 Å². The highest BCUT2D eigenvalue weighted by Crippen LogP contribution is 2.34. The molecule has 0 bridgehead atoms. The summed E-state index contributed by atoms with van der Waals surface area (Å²) in [5.74, 6) is 0.349. The van der Waals surface area contributed by atoms with E-state index in [4.69, 9.17) is 10.1 Å². The number of carbonyl (C=O) groups is 1. The molecule has 0 unspecified atom stereocenters. The molecule has 0 N–H and O–H groups in total. The molecule has 0 amide bonds. The Labute approximate surface area is 202 Å². The largest absolute Gasteiger partial charge is 0.268 e. The molecule has 6 rings (SSSR count). The Kier molecular flexibility index (Phi) is 5.04. The fourth-order valence-corrected chi connectivity index (χ4v) is 4.21. The van der Waals surface area contributed by atoms with Gasteiger partial charge in [-0.2, -0.15) is 5.10 Å². The second kappa shape index (κ2) is 8.50. The highest BCUT2D eigenvalue weighted by Gasteiger charge is 2.24. The number of rotatable bonds is 4. The zero-order valence-corrected chi connectivity index (χ0v) is 19.0. The first-order valence-electron chi connectivity index (χ1n) is 11.3. The van der Waals surface area contributed by atoms with E-state index in [0.717, 1.165) is 39.1 Å². The van der Waals surface area contributed by atoms with Crippen molar-refractivity contribution in [1.82, 2.24) is 24.3 Å². The summed E-state index contributed by atoms with van der Waals surface area (Å²) in [7, 11) is 0. The Balaban J connectivity index is 1.63. The summed E-state index contributed by atoms with van der Waals surface area (Å²) in [6.07, 6.45) is 5.18. The quantitative estimate of drug-likeness (QED) is 0.330. The molecule has 3 heterocycles. The number of aryl methyl sites for hydroxylation is 1. The lowest BCUT2D eigenvalue weighted by atomic mass is 10.1. The molecule has 3 aromatic carbocycles. The van der Waals surface area contributed by atoms with Crippen molar-refractivity contribution in [3.8, 4) is 28.3 Å². The van der Waals surface area contributed by atoms with Gasteiger partial charge in [-0.25, -0.2) is 9.67 Å². The van der Waals surface area contributed by atoms with Crippen molar-refractivity contribution in [3.05, 3.63) is 121 Å². The molecule has 0 radical (unpaired) electrons. The third kappa shape index (κ3) is 3.71. The van der Waals surface area contributed by atoms with Gasteiger partial charge in [0, 0.05) is 24.2 Å². The second-order valence-corrected chi connectivity index (χ2v) is 8.34. The molecule has 0 fully saturated rings. The van der Waals surface area contributed by atoms with Crippen LogP contribution in [0.25, 0.3) is 39.4 Å². The molecule has 0 aliphatic carbocycles. The lowest BCUT2D eigenvalue weighted by molar-refractivity contribution is 0.0966. The third-order valence-corrected chi connectivity index (χ3v) is 5.97. The zero-order valence-electron chi connectivity index (χ0n) is 19.0. The number of pyridine rings is 1. The highest BCUT2D eigenvalue weighted by molar-refractivity contribution is 6.04. The van der Waals surface area contributed by atoms with Gasteiger partial charge in [0.05, 0.1) is 27.8 Å². The molecule has 0 aliphatic heterocycles. The van der Waals surface area contributed by atoms with Crippen molar-refractivity contribution in [3.63, 3.8) is 0 Å². The standard InChI is InChI=1S/C29H21N5O/c1-20-13-15-21(16-14-20)27-24(19-33(32-27)23-9-3-2-4-10-23)28-31-25-11-5-6-12-26(25)34(28)29(35)22-8-7-17-30-18-22/h2-19H,1H3. The van der Waals surface area contributed by atoms with Gasteiger partial charge < -0.3 is 0 Å². The maximum atomic E-state index is 13.7. The van der Waals surface area contributed by atoms with E-state index in [1.54, 1.807) is 29.1 Å². The van der Waals surface area contributed by atoms with Gasteiger partial charge in [-0.3, -0.25) is 14.3 Å². The Bertz CT molecular complexity index is 1650. The summed E-state index contributed by atoms with van der Waals surface area (Å²) in [5, 5.41) is 4.94. The predicted molar refractivity (Wildman–Crippen MR) is 136 cm³/mol. The minimum atomic E-state index is -0.191. The second-order valence-electron chi connectivity index (χ2n) is 8.34. The van der Waals surface area contributed by atoms with Gasteiger partial charge >= 0.3 is 0 Å². The minimum absolute atomic E-state index is 0.191. The van der Waals surface area contributed by atoms with Crippen LogP contribution in [0.3, 0.4) is 0 Å². The van der Waals surface area contributed by atoms with Crippen molar-refractivity contribution in [2.45, 2.75) is 6.92 Å². The van der Waals surface area contributed by atoms with Crippen LogP contribution in [-0.2, 0) is 0 Å². The molecule has 0 spiro atoms. The van der Waals surface area contributed by atoms with Crippen molar-refractivity contribution in [2.75, 3.05) is 0 Å². The number of aromatic nitrogens is 5. The summed E-state index contributed by atoms with van der Waals surface area (Å²) in [4.78, 5) is 22.8. The van der Waals surface area contributed by atoms with Crippen LogP contribution >= 0.6 is 0 Å². The van der Waals surface area contributed by atoms with Crippen LogP contribution in [0.5, 0.6) is 0 Å². The molecular weight excluding hydrogens is 434 g/mol. The van der Waals surface area contributed by atoms with E-state index in [9.17, 15) is 4.79 Å². The van der Waals surface area contributed by atoms with E-state index in [1.807, 2.05) is 77.6 Å². The van der Waals surface area contributed by atoms with Crippen molar-refractivity contribution in [2.24, 2.45) is 0 Å². The fourth-order valence-electron chi connectivity index (χ4n) is 4.21. The molecule has 6 nitrogen and oxygen atoms in total. The molecule has 35 heavy (non-hydrogen) atoms. The van der Waals surface area contributed by atoms with Gasteiger partial charge in [0.1, 0.15) is 5.69 Å². The number of imidazole rings is 1. The van der Waals surface area contributed by atoms with Crippen LogP contribution in [0.4, 0.5) is 0 Å². The van der Waals surface area contributed by atoms with Gasteiger partial charge in [0.25, 0.3) is 5.91 Å². The molecule has 0 atom stereocenters. The lowest BCUT2D eigenvalue weighted by Gasteiger charge is -2.08. The number of nitrogens with zero attached hydrogens (tertiary/aromatic N) is 5. The minimum Gasteiger partial charge on any atom is -0.268 e. The van der Waals surface area contributed by atoms with E-state index >= 15 is 0 Å². The number of para-hydroxylation sites is 3. The van der Waals surface area contributed by atoms with Gasteiger partial charge in [0.15, 0.2) is 5.82 Å². The van der Waals surface area contributed by atoms with Crippen LogP contribution in [0.1, 0.15) is 15.9 Å². The Morgan fingerprint density at radius 2 is 1.60 bits per heavy atom. The lowest BCUT2D eigenvalue weighted by Crippen LogP contribution is -2.13. The maximum absolute atomic E-state index is 13.7. The van der Waals surface area contributed by atoms with E-state index in [1.165, 1.54) is 0 Å². The molecule has 0 saturated heterocycles. The third-order valence-electron chi connectivity index (χ3n) is 5.97. The average Bonchev–Trinajstić information content (AvgIpc) is 3.52. The molecule has 0 aliphatic rings. The SMILES string of the molecule is Cc1ccc(-c2nn(-c3ccccc3)cc2-c2nc3ccccc3n2C(=O)c2cccnc2)cc1. The van der Waals surface area contributed by atoms with Crippen molar-refractivity contribution < 1.29 is 4.79 Å². The summed E-state index contributed by atoms with van der Waals surface area (Å²) in [6, 6.07) is 29.3. The molecule has 3 aromatic heterocycles. The Morgan fingerprint density at radius 1 is 0.829 bits per heavy atom. The topological polar surface area (TPSA) is 65.6 Å². The molecule has 168 valence electrons. The van der Waals surface area contributed by atoms with Crippen LogP contribution in [0.2, 0.25) is 0 Å². The zero-order chi connectivity index (χ0) is 23.8. The van der Waals surface area contributed by atoms with Crippen LogP contribution in [0.15, 0.2) is 110 Å². The smallest absolute Gasteiger partial charge is 0.265 e. The van der Waals surface area contributed by atoms with E-state index < -0.39 is 0 Å². The first-order chi connectivity index (χ1) is 17.2. The fraction of sp³-hybridized carbons (Fsp3) is 0.0345. The molecular formula is C29H21N5O. The van der Waals surface area contributed by atoms with Crippen LogP contribution < -0.4 is 0 Å². The van der Waals surface area contributed by atoms with Gasteiger partial charge in [-0.1, -0.05) is 60.2 Å². The Morgan fingerprint density at radius 3 is 2.37 bits per heavy atom. The van der Waals surface area contributed by atoms with Gasteiger partial charge in [-0.05, 0) is 43.3 Å². The normalized spacial score (nSPS) is 11.1. The highest BCUT2D eigenvalue weighted by atomic mass is 16.2. The monoisotopic (exact) mass is 455 g/mol. The summed E-state index contributed by atoms with van der Waals surface area (Å²) >= 11 is 0. The predicted octanol–water partition coefficient (Wildman–Crippen LogP) is 5.95. The van der Waals surface area contributed by atoms with Gasteiger partial charge in [-0.15, -0.1) is 0 Å². The van der Waals surface area contributed by atoms with Gasteiger partial charge in [0.2, 0.25) is 0 Å². The first kappa shape index (κ1) is 20.7. The first-order valence-corrected chi connectivity index (χ1v) is 11.3. The number of carbonyl (C=O) groups excluding carboxylic acids is 1. The molecule has 0 saturated carbocycles. The molecule has 6 aromatic rings. The summed E-state index contributed by atoms with van der Waals surface area (Å²) < 4.78 is 3.50. The summed E-state index contributed by atoms with van der Waals surface area (Å²) in [5.41, 5.74) is 6.53. The van der Waals surface area contributed by atoms with Crippen LogP contribution in [-0.4, -0.2) is 30.2 Å². The van der Waals surface area contributed by atoms with Crippen molar-refractivity contribution >= 4 is 16.9 Å². The number of benzene rings is 3. The maximum Gasteiger partial charge on any atom is 0.265 e. The van der Waals surface area contributed by atoms with E-state index in [0.29, 0.717) is 11.4 Å². The average molecular weight is 456 g/mol. The number of hydrogen-bond donors (Lipinski definition) is 0. The molecule has 6 heteroatoms. The van der Waals surface area contributed by atoms with Crippen LogP contribution in [0, 0.1) is 6.92 Å².